The van der Waals surface area contributed by atoms with Gasteiger partial charge in [0.15, 0.2) is 5.96 Å². The second kappa shape index (κ2) is 10.9. The third kappa shape index (κ3) is 7.70. The summed E-state index contributed by atoms with van der Waals surface area (Å²) in [7, 11) is -3.51. The second-order valence-electron chi connectivity index (χ2n) is 6.12. The number of guanidine groups is 1. The maximum absolute atomic E-state index is 11.0. The van der Waals surface area contributed by atoms with Crippen LogP contribution in [0.2, 0.25) is 0 Å². The lowest BCUT2D eigenvalue weighted by molar-refractivity contribution is 0.254. The third-order valence-electron chi connectivity index (χ3n) is 3.81. The van der Waals surface area contributed by atoms with Gasteiger partial charge >= 0.3 is 0 Å². The summed E-state index contributed by atoms with van der Waals surface area (Å²) in [6.07, 6.45) is 1.03. The average molecular weight is 512 g/mol. The second-order valence-corrected chi connectivity index (χ2v) is 7.86. The monoisotopic (exact) mass is 512 g/mol. The van der Waals surface area contributed by atoms with Crippen LogP contribution in [-0.4, -0.2) is 45.9 Å². The first-order valence-electron chi connectivity index (χ1n) is 8.80. The molecule has 1 aromatic rings. The van der Waals surface area contributed by atoms with Crippen molar-refractivity contribution in [2.45, 2.75) is 39.8 Å². The summed E-state index contributed by atoms with van der Waals surface area (Å²) in [5.41, 5.74) is 2.07. The number of benzene rings is 1. The molecule has 0 saturated heterocycles. The Morgan fingerprint density at radius 1 is 1.37 bits per heavy atom. The third-order valence-corrected chi connectivity index (χ3v) is 4.58. The highest BCUT2D eigenvalue weighted by Gasteiger charge is 2.21. The van der Waals surface area contributed by atoms with Gasteiger partial charge in [0.25, 0.3) is 0 Å². The summed E-state index contributed by atoms with van der Waals surface area (Å²) in [4.78, 5) is 4.51. The molecule has 0 bridgehead atoms. The zero-order valence-corrected chi connectivity index (χ0v) is 19.1. The molecule has 10 heteroatoms. The van der Waals surface area contributed by atoms with Gasteiger partial charge in [-0.05, 0) is 32.9 Å². The van der Waals surface area contributed by atoms with Crippen molar-refractivity contribution in [1.29, 1.82) is 0 Å². The van der Waals surface area contributed by atoms with Crippen LogP contribution in [0.25, 0.3) is 0 Å². The van der Waals surface area contributed by atoms with E-state index in [2.05, 4.69) is 15.6 Å². The van der Waals surface area contributed by atoms with Gasteiger partial charge in [0, 0.05) is 30.6 Å². The van der Waals surface area contributed by atoms with Crippen molar-refractivity contribution >= 4 is 40.0 Å². The van der Waals surface area contributed by atoms with Gasteiger partial charge < -0.3 is 20.1 Å². The Morgan fingerprint density at radius 2 is 2.11 bits per heavy atom. The van der Waals surface area contributed by atoms with Gasteiger partial charge in [0.05, 0.1) is 18.9 Å². The zero-order chi connectivity index (χ0) is 19.2. The van der Waals surface area contributed by atoms with E-state index < -0.39 is 10.0 Å². The molecule has 1 heterocycles. The maximum Gasteiger partial charge on any atom is 0.210 e. The molecule has 8 nitrogen and oxygen atoms in total. The molecule has 0 radical (unpaired) electrons. The normalized spacial score (nSPS) is 16.1. The largest absolute Gasteiger partial charge is 0.494 e. The number of sulfonamides is 1. The topological polar surface area (TPSA) is 115 Å². The van der Waals surface area contributed by atoms with E-state index in [4.69, 9.17) is 14.6 Å². The fourth-order valence-corrected chi connectivity index (χ4v) is 3.10. The van der Waals surface area contributed by atoms with E-state index in [0.717, 1.165) is 29.0 Å². The van der Waals surface area contributed by atoms with Crippen LogP contribution >= 0.6 is 24.0 Å². The van der Waals surface area contributed by atoms with E-state index in [9.17, 15) is 8.42 Å². The first-order valence-corrected chi connectivity index (χ1v) is 10.5. The Balaban J connectivity index is 0.00000364. The summed E-state index contributed by atoms with van der Waals surface area (Å²) in [6.45, 7) is 7.71. The van der Waals surface area contributed by atoms with E-state index >= 15 is 0 Å². The van der Waals surface area contributed by atoms with E-state index in [1.54, 1.807) is 0 Å². The minimum atomic E-state index is -3.51. The number of hydrogen-bond donors (Lipinski definition) is 3. The molecule has 0 saturated carbocycles. The highest BCUT2D eigenvalue weighted by molar-refractivity contribution is 14.0. The average Bonchev–Trinajstić information content (AvgIpc) is 2.90. The van der Waals surface area contributed by atoms with Crippen molar-refractivity contribution in [2.75, 3.05) is 25.4 Å². The predicted molar refractivity (Wildman–Crippen MR) is 118 cm³/mol. The lowest BCUT2D eigenvalue weighted by Crippen LogP contribution is -2.40. The van der Waals surface area contributed by atoms with Crippen LogP contribution in [0.5, 0.6) is 11.5 Å². The van der Waals surface area contributed by atoms with Gasteiger partial charge in [-0.15, -0.1) is 24.0 Å². The van der Waals surface area contributed by atoms with E-state index in [0.29, 0.717) is 25.7 Å². The Kier molecular flexibility index (Phi) is 9.60. The molecule has 1 aromatic carbocycles. The van der Waals surface area contributed by atoms with Gasteiger partial charge in [-0.25, -0.2) is 18.5 Å². The molecule has 1 unspecified atom stereocenters. The van der Waals surface area contributed by atoms with Gasteiger partial charge in [0.2, 0.25) is 10.0 Å². The number of ether oxygens (including phenoxy) is 2. The van der Waals surface area contributed by atoms with Crippen LogP contribution in [0.3, 0.4) is 0 Å². The summed E-state index contributed by atoms with van der Waals surface area (Å²) < 4.78 is 33.7. The number of primary sulfonamides is 1. The van der Waals surface area contributed by atoms with E-state index in [1.165, 1.54) is 0 Å². The molecule has 0 spiro atoms. The fourth-order valence-electron chi connectivity index (χ4n) is 2.71. The van der Waals surface area contributed by atoms with E-state index in [1.807, 2.05) is 32.9 Å². The van der Waals surface area contributed by atoms with Crippen molar-refractivity contribution in [3.05, 3.63) is 23.3 Å². The van der Waals surface area contributed by atoms with Gasteiger partial charge in [-0.1, -0.05) is 0 Å². The molecule has 0 fully saturated rings. The lowest BCUT2D eigenvalue weighted by atomic mass is 10.1. The molecule has 27 heavy (non-hydrogen) atoms. The summed E-state index contributed by atoms with van der Waals surface area (Å²) in [6, 6.07) is 4.00. The SMILES string of the molecule is CCNC(=NCc1cc2c(cc1OCC)CC(C)O2)NCCS(N)(=O)=O.I. The number of nitrogens with two attached hydrogens (primary N) is 1. The Bertz CT molecular complexity index is 756. The van der Waals surface area contributed by atoms with Crippen LogP contribution < -0.4 is 25.2 Å². The molecule has 1 atom stereocenters. The number of aliphatic imine (C=N–C) groups is 1. The summed E-state index contributed by atoms with van der Waals surface area (Å²) >= 11 is 0. The number of hydrogen-bond acceptors (Lipinski definition) is 5. The minimum Gasteiger partial charge on any atom is -0.494 e. The van der Waals surface area contributed by atoms with Gasteiger partial charge in [-0.2, -0.15) is 0 Å². The molecule has 0 amide bonds. The summed E-state index contributed by atoms with van der Waals surface area (Å²) in [5.74, 6) is 2.03. The Morgan fingerprint density at radius 3 is 2.74 bits per heavy atom. The van der Waals surface area contributed by atoms with Crippen LogP contribution in [0, 0.1) is 0 Å². The molecule has 2 rings (SSSR count). The minimum absolute atomic E-state index is 0. The first-order chi connectivity index (χ1) is 12.3. The Hall–Kier alpha value is -1.27. The van der Waals surface area contributed by atoms with Crippen molar-refractivity contribution in [3.63, 3.8) is 0 Å². The fraction of sp³-hybridized carbons (Fsp3) is 0.588. The van der Waals surface area contributed by atoms with Crippen LogP contribution in [-0.2, 0) is 23.0 Å². The number of rotatable bonds is 8. The van der Waals surface area contributed by atoms with Crippen molar-refractivity contribution in [2.24, 2.45) is 10.1 Å². The van der Waals surface area contributed by atoms with Gasteiger partial charge in [-0.3, -0.25) is 0 Å². The molecule has 0 aliphatic carbocycles. The smallest absolute Gasteiger partial charge is 0.210 e. The van der Waals surface area contributed by atoms with Crippen molar-refractivity contribution in [1.82, 2.24) is 10.6 Å². The number of nitrogens with one attached hydrogen (secondary N) is 2. The van der Waals surface area contributed by atoms with Crippen molar-refractivity contribution in [3.8, 4) is 11.5 Å². The molecule has 154 valence electrons. The Labute approximate surface area is 178 Å². The highest BCUT2D eigenvalue weighted by Crippen LogP contribution is 2.35. The quantitative estimate of drug-likeness (QED) is 0.276. The number of fused-ring (bicyclic) bond motifs is 1. The molecule has 1 aliphatic rings. The molecule has 0 aromatic heterocycles. The number of nitrogens with zero attached hydrogens (tertiary/aromatic N) is 1. The highest BCUT2D eigenvalue weighted by atomic mass is 127. The standard InChI is InChI=1S/C17H28N4O4S.HI/c1-4-19-17(20-6-7-26(18,22)23)21-11-14-10-16-13(8-12(3)25-16)9-15(14)24-5-2;/h9-10,12H,4-8,11H2,1-3H3,(H2,18,22,23)(H2,19,20,21);1H. The molecular formula is C17H29IN4O4S. The molecular weight excluding hydrogens is 483 g/mol. The van der Waals surface area contributed by atoms with Gasteiger partial charge in [0.1, 0.15) is 17.6 Å². The number of halogens is 1. The van der Waals surface area contributed by atoms with Crippen LogP contribution in [0.1, 0.15) is 31.9 Å². The first kappa shape index (κ1) is 23.8. The van der Waals surface area contributed by atoms with Crippen LogP contribution in [0.15, 0.2) is 17.1 Å². The van der Waals surface area contributed by atoms with E-state index in [-0.39, 0.29) is 42.4 Å². The molecule has 1 aliphatic heterocycles. The predicted octanol–water partition coefficient (Wildman–Crippen LogP) is 1.37. The maximum atomic E-state index is 11.0. The van der Waals surface area contributed by atoms with Crippen molar-refractivity contribution < 1.29 is 17.9 Å². The molecule has 4 N–H and O–H groups in total. The zero-order valence-electron chi connectivity index (χ0n) is 15.9. The van der Waals surface area contributed by atoms with Crippen LogP contribution in [0.4, 0.5) is 0 Å². The summed E-state index contributed by atoms with van der Waals surface area (Å²) in [5, 5.41) is 11.1. The lowest BCUT2D eigenvalue weighted by Gasteiger charge is -2.13.